The van der Waals surface area contributed by atoms with Crippen LogP contribution in [0.5, 0.6) is 0 Å². The van der Waals surface area contributed by atoms with E-state index in [1.54, 1.807) is 0 Å². The molecule has 0 radical (unpaired) electrons. The number of hydrogen-bond donors (Lipinski definition) is 1. The number of rotatable bonds is 6. The number of nitrogens with zero attached hydrogens (tertiary/aromatic N) is 1. The van der Waals surface area contributed by atoms with Crippen molar-refractivity contribution in [3.8, 4) is 0 Å². The number of ether oxygens (including phenoxy) is 1. The second kappa shape index (κ2) is 7.24. The Bertz CT molecular complexity index is 285. The van der Waals surface area contributed by atoms with Crippen molar-refractivity contribution >= 4 is 0 Å². The molecule has 2 aliphatic rings. The van der Waals surface area contributed by atoms with Crippen LogP contribution in [0.4, 0.5) is 0 Å². The Hall–Kier alpha value is -0.120. The van der Waals surface area contributed by atoms with Crippen LogP contribution in [0.1, 0.15) is 53.4 Å². The molecule has 1 aliphatic heterocycles. The number of nitrogens with one attached hydrogen (secondary N) is 1. The normalized spacial score (nSPS) is 28.9. The third-order valence-corrected chi connectivity index (χ3v) is 4.92. The Morgan fingerprint density at radius 1 is 1.25 bits per heavy atom. The van der Waals surface area contributed by atoms with Crippen LogP contribution in [-0.4, -0.2) is 49.8 Å². The van der Waals surface area contributed by atoms with Crippen molar-refractivity contribution in [2.45, 2.75) is 65.5 Å². The van der Waals surface area contributed by atoms with Gasteiger partial charge in [-0.15, -0.1) is 0 Å². The lowest BCUT2D eigenvalue weighted by atomic mass is 9.92. The Morgan fingerprint density at radius 3 is 2.50 bits per heavy atom. The maximum absolute atomic E-state index is 5.50. The lowest BCUT2D eigenvalue weighted by Crippen LogP contribution is -2.49. The van der Waals surface area contributed by atoms with Crippen molar-refractivity contribution in [3.05, 3.63) is 0 Å². The molecule has 1 aliphatic carbocycles. The fourth-order valence-corrected chi connectivity index (χ4v) is 3.76. The molecular formula is C17H34N2O. The summed E-state index contributed by atoms with van der Waals surface area (Å²) in [6.45, 7) is 14.7. The second-order valence-corrected chi connectivity index (χ2v) is 7.94. The molecule has 0 spiro atoms. The first kappa shape index (κ1) is 16.3. The Morgan fingerprint density at radius 2 is 1.95 bits per heavy atom. The first-order valence-electron chi connectivity index (χ1n) is 8.51. The zero-order chi connectivity index (χ0) is 14.6. The minimum absolute atomic E-state index is 0.546. The van der Waals surface area contributed by atoms with E-state index in [9.17, 15) is 0 Å². The van der Waals surface area contributed by atoms with Gasteiger partial charge in [-0.05, 0) is 37.0 Å². The van der Waals surface area contributed by atoms with E-state index in [0.29, 0.717) is 11.5 Å². The third-order valence-electron chi connectivity index (χ3n) is 4.92. The summed E-state index contributed by atoms with van der Waals surface area (Å²) in [4.78, 5) is 2.64. The first-order chi connectivity index (χ1) is 9.46. The van der Waals surface area contributed by atoms with Gasteiger partial charge in [0, 0.05) is 31.7 Å². The summed E-state index contributed by atoms with van der Waals surface area (Å²) >= 11 is 0. The van der Waals surface area contributed by atoms with Gasteiger partial charge in [0.1, 0.15) is 0 Å². The summed E-state index contributed by atoms with van der Waals surface area (Å²) in [6, 6.07) is 1.42. The van der Waals surface area contributed by atoms with E-state index in [1.807, 2.05) is 0 Å². The first-order valence-corrected chi connectivity index (χ1v) is 8.51. The average Bonchev–Trinajstić information content (AvgIpc) is 2.75. The molecule has 0 aromatic rings. The van der Waals surface area contributed by atoms with E-state index >= 15 is 0 Å². The summed E-state index contributed by atoms with van der Waals surface area (Å²) in [5, 5.41) is 3.86. The van der Waals surface area contributed by atoms with E-state index in [4.69, 9.17) is 4.74 Å². The highest BCUT2D eigenvalue weighted by atomic mass is 16.5. The van der Waals surface area contributed by atoms with Crippen LogP contribution in [0.3, 0.4) is 0 Å². The van der Waals surface area contributed by atoms with Crippen LogP contribution in [0, 0.1) is 11.3 Å². The maximum Gasteiger partial charge on any atom is 0.0594 e. The van der Waals surface area contributed by atoms with Crippen molar-refractivity contribution < 1.29 is 4.74 Å². The van der Waals surface area contributed by atoms with Crippen molar-refractivity contribution in [3.63, 3.8) is 0 Å². The largest absolute Gasteiger partial charge is 0.379 e. The van der Waals surface area contributed by atoms with Crippen LogP contribution >= 0.6 is 0 Å². The summed E-state index contributed by atoms with van der Waals surface area (Å²) < 4.78 is 5.50. The van der Waals surface area contributed by atoms with Gasteiger partial charge in [0.05, 0.1) is 13.2 Å². The Labute approximate surface area is 125 Å². The lowest BCUT2D eigenvalue weighted by Gasteiger charge is -2.36. The molecule has 2 atom stereocenters. The van der Waals surface area contributed by atoms with Crippen LogP contribution in [0.25, 0.3) is 0 Å². The van der Waals surface area contributed by atoms with Gasteiger partial charge in [0.25, 0.3) is 0 Å². The summed E-state index contributed by atoms with van der Waals surface area (Å²) in [6.07, 6.45) is 5.36. The average molecular weight is 282 g/mol. The van der Waals surface area contributed by atoms with E-state index < -0.39 is 0 Å². The molecule has 3 nitrogen and oxygen atoms in total. The van der Waals surface area contributed by atoms with Gasteiger partial charge in [-0.1, -0.05) is 27.7 Å². The topological polar surface area (TPSA) is 24.5 Å². The van der Waals surface area contributed by atoms with E-state index in [0.717, 1.165) is 44.8 Å². The van der Waals surface area contributed by atoms with Crippen molar-refractivity contribution in [2.75, 3.05) is 32.8 Å². The zero-order valence-electron chi connectivity index (χ0n) is 14.0. The van der Waals surface area contributed by atoms with Gasteiger partial charge >= 0.3 is 0 Å². The highest BCUT2D eigenvalue weighted by Gasteiger charge is 2.31. The summed E-state index contributed by atoms with van der Waals surface area (Å²) in [5.41, 5.74) is 0.546. The predicted molar refractivity (Wildman–Crippen MR) is 85.1 cm³/mol. The van der Waals surface area contributed by atoms with Crippen LogP contribution in [0.15, 0.2) is 0 Å². The van der Waals surface area contributed by atoms with E-state index in [1.165, 1.54) is 25.7 Å². The SMILES string of the molecule is CC(C)CC(CNC1CCC(C)(C)C1)N1CCOCC1. The van der Waals surface area contributed by atoms with E-state index in [-0.39, 0.29) is 0 Å². The number of hydrogen-bond acceptors (Lipinski definition) is 3. The maximum atomic E-state index is 5.50. The van der Waals surface area contributed by atoms with Crippen molar-refractivity contribution in [1.82, 2.24) is 10.2 Å². The quantitative estimate of drug-likeness (QED) is 0.811. The molecule has 2 unspecified atom stereocenters. The minimum atomic E-state index is 0.546. The molecule has 3 heteroatoms. The highest BCUT2D eigenvalue weighted by Crippen LogP contribution is 2.36. The fourth-order valence-electron chi connectivity index (χ4n) is 3.76. The minimum Gasteiger partial charge on any atom is -0.379 e. The van der Waals surface area contributed by atoms with Gasteiger partial charge < -0.3 is 10.1 Å². The summed E-state index contributed by atoms with van der Waals surface area (Å²) in [5.74, 6) is 0.768. The molecule has 0 aromatic carbocycles. The highest BCUT2D eigenvalue weighted by molar-refractivity contribution is 4.88. The summed E-state index contributed by atoms with van der Waals surface area (Å²) in [7, 11) is 0. The molecule has 1 saturated heterocycles. The molecule has 1 saturated carbocycles. The smallest absolute Gasteiger partial charge is 0.0594 e. The van der Waals surface area contributed by atoms with Gasteiger partial charge in [0.2, 0.25) is 0 Å². The van der Waals surface area contributed by atoms with Gasteiger partial charge in [0.15, 0.2) is 0 Å². The molecule has 1 heterocycles. The fraction of sp³-hybridized carbons (Fsp3) is 1.00. The standard InChI is InChI=1S/C17H34N2O/c1-14(2)11-16(19-7-9-20-10-8-19)13-18-15-5-6-17(3,4)12-15/h14-16,18H,5-13H2,1-4H3. The molecule has 2 rings (SSSR count). The lowest BCUT2D eigenvalue weighted by molar-refractivity contribution is 0.0118. The monoisotopic (exact) mass is 282 g/mol. The molecule has 0 bridgehead atoms. The molecule has 118 valence electrons. The van der Waals surface area contributed by atoms with Crippen LogP contribution in [-0.2, 0) is 4.74 Å². The Kier molecular flexibility index (Phi) is 5.88. The van der Waals surface area contributed by atoms with Crippen LogP contribution < -0.4 is 5.32 Å². The van der Waals surface area contributed by atoms with Gasteiger partial charge in [-0.2, -0.15) is 0 Å². The van der Waals surface area contributed by atoms with Gasteiger partial charge in [-0.3, -0.25) is 4.90 Å². The predicted octanol–water partition coefficient (Wildman–Crippen LogP) is 2.90. The molecule has 0 aromatic heterocycles. The number of morpholine rings is 1. The zero-order valence-corrected chi connectivity index (χ0v) is 14.0. The van der Waals surface area contributed by atoms with Crippen molar-refractivity contribution in [2.24, 2.45) is 11.3 Å². The van der Waals surface area contributed by atoms with E-state index in [2.05, 4.69) is 37.9 Å². The van der Waals surface area contributed by atoms with Gasteiger partial charge in [-0.25, -0.2) is 0 Å². The van der Waals surface area contributed by atoms with Crippen LogP contribution in [0.2, 0.25) is 0 Å². The molecule has 2 fully saturated rings. The molecular weight excluding hydrogens is 248 g/mol. The molecule has 20 heavy (non-hydrogen) atoms. The third kappa shape index (κ3) is 5.01. The molecule has 0 amide bonds. The second-order valence-electron chi connectivity index (χ2n) is 7.94. The molecule has 1 N–H and O–H groups in total. The Balaban J connectivity index is 1.81. The van der Waals surface area contributed by atoms with Crippen molar-refractivity contribution in [1.29, 1.82) is 0 Å².